The molecule has 0 aliphatic rings. The van der Waals surface area contributed by atoms with Gasteiger partial charge in [0.15, 0.2) is 5.44 Å². The highest BCUT2D eigenvalue weighted by Crippen LogP contribution is 2.38. The van der Waals surface area contributed by atoms with Crippen molar-refractivity contribution in [3.05, 3.63) is 54.6 Å². The first-order chi connectivity index (χ1) is 13.5. The van der Waals surface area contributed by atoms with E-state index in [1.54, 1.807) is 18.2 Å². The first kappa shape index (κ1) is 20.9. The third kappa shape index (κ3) is 4.12. The summed E-state index contributed by atoms with van der Waals surface area (Å²) >= 11 is 0. The van der Waals surface area contributed by atoms with Crippen LogP contribution in [-0.4, -0.2) is 37.0 Å². The molecule has 9 nitrogen and oxygen atoms in total. The Labute approximate surface area is 166 Å². The molecule has 0 fully saturated rings. The summed E-state index contributed by atoms with van der Waals surface area (Å²) < 4.78 is 56.3. The normalized spacial score (nSPS) is 13.8. The number of fused-ring (bicyclic) bond motifs is 1. The molecular formula is C18H16N2O7S2. The van der Waals surface area contributed by atoms with Crippen LogP contribution in [0.25, 0.3) is 10.8 Å². The van der Waals surface area contributed by atoms with Crippen LogP contribution < -0.4 is 0 Å². The van der Waals surface area contributed by atoms with Crippen molar-refractivity contribution in [2.75, 3.05) is 0 Å². The number of hydrogen-bond acceptors (Lipinski definition) is 8. The topological polar surface area (TPSA) is 154 Å². The smallest absolute Gasteiger partial charge is 0.298 e. The van der Waals surface area contributed by atoms with Crippen LogP contribution in [0, 0.1) is 0 Å². The summed E-state index contributed by atoms with van der Waals surface area (Å²) in [4.78, 5) is -0.793. The molecule has 3 N–H and O–H groups in total. The summed E-state index contributed by atoms with van der Waals surface area (Å²) in [6, 6.07) is 12.5. The second-order valence-electron chi connectivity index (χ2n) is 6.10. The Morgan fingerprint density at radius 3 is 2.03 bits per heavy atom. The number of azo groups is 1. The van der Waals surface area contributed by atoms with E-state index >= 15 is 0 Å². The summed E-state index contributed by atoms with van der Waals surface area (Å²) in [7, 11) is -8.56. The van der Waals surface area contributed by atoms with Crippen molar-refractivity contribution in [2.24, 2.45) is 10.2 Å². The predicted octanol–water partition coefficient (Wildman–Crippen LogP) is 3.32. The predicted molar refractivity (Wildman–Crippen MR) is 105 cm³/mol. The number of nitrogens with zero attached hydrogens (tertiary/aromatic N) is 2. The van der Waals surface area contributed by atoms with Crippen LogP contribution in [-0.2, 0) is 20.0 Å². The quantitative estimate of drug-likeness (QED) is 0.409. The van der Waals surface area contributed by atoms with Gasteiger partial charge in [-0.05, 0) is 37.3 Å². The minimum Gasteiger partial charge on any atom is -0.506 e. The van der Waals surface area contributed by atoms with Crippen molar-refractivity contribution in [1.82, 2.24) is 0 Å². The van der Waals surface area contributed by atoms with Gasteiger partial charge in [-0.1, -0.05) is 24.3 Å². The molecule has 3 aromatic carbocycles. The number of phenols is 1. The molecule has 3 rings (SSSR count). The molecule has 0 aliphatic heterocycles. The maximum atomic E-state index is 11.9. The van der Waals surface area contributed by atoms with E-state index in [0.717, 1.165) is 13.0 Å². The maximum Gasteiger partial charge on any atom is 0.298 e. The van der Waals surface area contributed by atoms with Gasteiger partial charge in [0.2, 0.25) is 9.84 Å². The van der Waals surface area contributed by atoms with Gasteiger partial charge < -0.3 is 10.2 Å². The molecule has 1 unspecified atom stereocenters. The molecule has 0 spiro atoms. The molecule has 3 aromatic rings. The summed E-state index contributed by atoms with van der Waals surface area (Å²) in [6.45, 7) is 1.14. The number of hydrogen-bond donors (Lipinski definition) is 3. The van der Waals surface area contributed by atoms with E-state index in [2.05, 4.69) is 10.2 Å². The van der Waals surface area contributed by atoms with Gasteiger partial charge in [0.25, 0.3) is 10.1 Å². The summed E-state index contributed by atoms with van der Waals surface area (Å²) in [5.74, 6) is -0.602. The van der Waals surface area contributed by atoms with Crippen LogP contribution in [0.4, 0.5) is 11.4 Å². The lowest BCUT2D eigenvalue weighted by Crippen LogP contribution is -2.16. The lowest BCUT2D eigenvalue weighted by molar-refractivity contribution is 0.268. The van der Waals surface area contributed by atoms with Gasteiger partial charge in [0.1, 0.15) is 10.6 Å². The Balaban J connectivity index is 2.06. The Bertz CT molecular complexity index is 1310. The fraction of sp³-hybridized carbons (Fsp3) is 0.111. The van der Waals surface area contributed by atoms with E-state index in [9.17, 15) is 31.6 Å². The minimum atomic E-state index is -4.70. The molecule has 0 saturated carbocycles. The Morgan fingerprint density at radius 1 is 0.897 bits per heavy atom. The van der Waals surface area contributed by atoms with Crippen molar-refractivity contribution in [2.45, 2.75) is 22.2 Å². The standard InChI is InChI=1S/C18H16N2O7S2/c1-11(21)28(23,24)13-8-6-12(7-9-13)19-20-16-10-17(29(25,26)27)18(22)15-5-3-2-4-14(15)16/h2-11,21-22H,1H3,(H,25,26,27). The fourth-order valence-electron chi connectivity index (χ4n) is 2.61. The van der Waals surface area contributed by atoms with Crippen LogP contribution in [0.2, 0.25) is 0 Å². The summed E-state index contributed by atoms with van der Waals surface area (Å²) in [5, 5.41) is 28.0. The Morgan fingerprint density at radius 2 is 1.48 bits per heavy atom. The second kappa shape index (κ2) is 7.52. The Hall–Kier alpha value is -2.86. The van der Waals surface area contributed by atoms with E-state index in [1.165, 1.54) is 30.3 Å². The van der Waals surface area contributed by atoms with Crippen LogP contribution in [0.3, 0.4) is 0 Å². The SMILES string of the molecule is CC(O)S(=O)(=O)c1ccc(N=Nc2cc(S(=O)(=O)O)c(O)c3ccccc23)cc1. The lowest BCUT2D eigenvalue weighted by Gasteiger charge is -2.08. The van der Waals surface area contributed by atoms with Gasteiger partial charge >= 0.3 is 0 Å². The second-order valence-corrected chi connectivity index (χ2v) is 9.73. The number of rotatable bonds is 5. The molecule has 0 aliphatic carbocycles. The summed E-state index contributed by atoms with van der Waals surface area (Å²) in [6.07, 6.45) is 0. The summed E-state index contributed by atoms with van der Waals surface area (Å²) in [5.41, 5.74) is -1.22. The number of sulfone groups is 1. The van der Waals surface area contributed by atoms with Gasteiger partial charge in [0, 0.05) is 10.8 Å². The molecule has 0 aromatic heterocycles. The zero-order valence-electron chi connectivity index (χ0n) is 15.0. The van der Waals surface area contributed by atoms with Crippen LogP contribution in [0.5, 0.6) is 5.75 Å². The third-order valence-electron chi connectivity index (χ3n) is 4.12. The van der Waals surface area contributed by atoms with E-state index in [1.807, 2.05) is 0 Å². The number of phenolic OH excluding ortho intramolecular Hbond substituents is 1. The third-order valence-corrected chi connectivity index (χ3v) is 6.82. The molecule has 29 heavy (non-hydrogen) atoms. The molecule has 0 bridgehead atoms. The highest BCUT2D eigenvalue weighted by molar-refractivity contribution is 7.91. The van der Waals surface area contributed by atoms with E-state index in [0.29, 0.717) is 5.39 Å². The number of aromatic hydroxyl groups is 1. The van der Waals surface area contributed by atoms with E-state index < -0.39 is 36.0 Å². The number of aliphatic hydroxyl groups excluding tert-OH is 1. The van der Waals surface area contributed by atoms with Crippen molar-refractivity contribution in [3.63, 3.8) is 0 Å². The van der Waals surface area contributed by atoms with Crippen LogP contribution in [0.15, 0.2) is 74.6 Å². The molecule has 0 amide bonds. The first-order valence-electron chi connectivity index (χ1n) is 8.18. The largest absolute Gasteiger partial charge is 0.506 e. The van der Waals surface area contributed by atoms with Crippen LogP contribution >= 0.6 is 0 Å². The van der Waals surface area contributed by atoms with E-state index in [4.69, 9.17) is 0 Å². The Kier molecular flexibility index (Phi) is 5.41. The van der Waals surface area contributed by atoms with E-state index in [-0.39, 0.29) is 21.7 Å². The van der Waals surface area contributed by atoms with Gasteiger partial charge in [-0.3, -0.25) is 4.55 Å². The molecular weight excluding hydrogens is 420 g/mol. The van der Waals surface area contributed by atoms with Gasteiger partial charge in [-0.25, -0.2) is 8.42 Å². The molecule has 0 radical (unpaired) electrons. The maximum absolute atomic E-state index is 11.9. The monoisotopic (exact) mass is 436 g/mol. The number of benzene rings is 3. The first-order valence-corrected chi connectivity index (χ1v) is 11.2. The average molecular weight is 436 g/mol. The molecule has 152 valence electrons. The van der Waals surface area contributed by atoms with Crippen molar-refractivity contribution >= 4 is 42.1 Å². The molecule has 0 saturated heterocycles. The fourth-order valence-corrected chi connectivity index (χ4v) is 4.13. The van der Waals surface area contributed by atoms with Gasteiger partial charge in [-0.2, -0.15) is 13.5 Å². The molecule has 0 heterocycles. The molecule has 11 heteroatoms. The highest BCUT2D eigenvalue weighted by Gasteiger charge is 2.21. The van der Waals surface area contributed by atoms with Crippen LogP contribution in [0.1, 0.15) is 6.92 Å². The highest BCUT2D eigenvalue weighted by atomic mass is 32.2. The van der Waals surface area contributed by atoms with Crippen molar-refractivity contribution in [1.29, 1.82) is 0 Å². The zero-order chi connectivity index (χ0) is 21.4. The van der Waals surface area contributed by atoms with Crippen molar-refractivity contribution in [3.8, 4) is 5.75 Å². The van der Waals surface area contributed by atoms with Gasteiger partial charge in [0.05, 0.1) is 16.3 Å². The van der Waals surface area contributed by atoms with Gasteiger partial charge in [-0.15, -0.1) is 5.11 Å². The lowest BCUT2D eigenvalue weighted by atomic mass is 10.1. The number of aliphatic hydroxyl groups is 1. The minimum absolute atomic E-state index is 0.0757. The zero-order valence-corrected chi connectivity index (χ0v) is 16.6. The molecule has 1 atom stereocenters. The average Bonchev–Trinajstić information content (AvgIpc) is 2.67. The van der Waals surface area contributed by atoms with Crippen molar-refractivity contribution < 1.29 is 31.6 Å².